The molecule has 0 aliphatic heterocycles. The van der Waals surface area contributed by atoms with E-state index in [9.17, 15) is 9.18 Å². The van der Waals surface area contributed by atoms with Gasteiger partial charge >= 0.3 is 0 Å². The second-order valence-corrected chi connectivity index (χ2v) is 5.63. The van der Waals surface area contributed by atoms with E-state index in [1.807, 2.05) is 30.3 Å². The molecule has 0 saturated carbocycles. The van der Waals surface area contributed by atoms with Crippen molar-refractivity contribution < 1.29 is 9.18 Å². The van der Waals surface area contributed by atoms with E-state index >= 15 is 0 Å². The van der Waals surface area contributed by atoms with E-state index in [1.165, 1.54) is 12.1 Å². The first-order chi connectivity index (χ1) is 9.61. The summed E-state index contributed by atoms with van der Waals surface area (Å²) in [6, 6.07) is 15.3. The van der Waals surface area contributed by atoms with Crippen molar-refractivity contribution in [2.75, 3.05) is 5.33 Å². The van der Waals surface area contributed by atoms with Crippen LogP contribution in [0.25, 0.3) is 0 Å². The van der Waals surface area contributed by atoms with Crippen LogP contribution in [0.5, 0.6) is 0 Å². The van der Waals surface area contributed by atoms with Crippen molar-refractivity contribution in [2.45, 2.75) is 11.8 Å². The molecule has 2 rings (SSSR count). The highest BCUT2D eigenvalue weighted by molar-refractivity contribution is 9.09. The summed E-state index contributed by atoms with van der Waals surface area (Å²) in [5, 5.41) is 0.146. The smallest absolute Gasteiger partial charge is 0.236 e. The molecule has 0 N–H and O–H groups in total. The Bertz CT molecular complexity index is 585. The Labute approximate surface area is 130 Å². The highest BCUT2D eigenvalue weighted by atomic mass is 79.9. The van der Waals surface area contributed by atoms with Crippen LogP contribution in [0.2, 0.25) is 0 Å². The van der Waals surface area contributed by atoms with Crippen LogP contribution in [0, 0.1) is 5.82 Å². The van der Waals surface area contributed by atoms with Crippen LogP contribution in [0.4, 0.5) is 4.39 Å². The van der Waals surface area contributed by atoms with Gasteiger partial charge in [-0.3, -0.25) is 4.79 Å². The maximum atomic E-state index is 13.1. The van der Waals surface area contributed by atoms with Gasteiger partial charge in [0, 0.05) is 5.33 Å². The maximum Gasteiger partial charge on any atom is 0.236 e. The fraction of sp³-hybridized carbons (Fsp3) is 0.188. The molecule has 0 aromatic heterocycles. The molecule has 0 aliphatic carbocycles. The van der Waals surface area contributed by atoms with E-state index in [-0.39, 0.29) is 5.82 Å². The van der Waals surface area contributed by atoms with Crippen molar-refractivity contribution in [3.8, 4) is 0 Å². The fourth-order valence-electron chi connectivity index (χ4n) is 2.38. The van der Waals surface area contributed by atoms with Crippen LogP contribution < -0.4 is 0 Å². The minimum atomic E-state index is -0.958. The number of alkyl halides is 1. The lowest BCUT2D eigenvalue weighted by Gasteiger charge is -2.30. The predicted molar refractivity (Wildman–Crippen MR) is 82.9 cm³/mol. The van der Waals surface area contributed by atoms with Crippen molar-refractivity contribution in [2.24, 2.45) is 0 Å². The fourth-order valence-corrected chi connectivity index (χ4v) is 3.29. The van der Waals surface area contributed by atoms with Crippen LogP contribution in [0.3, 0.4) is 0 Å². The van der Waals surface area contributed by atoms with E-state index < -0.39 is 10.7 Å². The molecule has 0 spiro atoms. The summed E-state index contributed by atoms with van der Waals surface area (Å²) in [7, 11) is 0. The first-order valence-electron chi connectivity index (χ1n) is 6.18. The van der Waals surface area contributed by atoms with Crippen molar-refractivity contribution in [1.29, 1.82) is 0 Å². The van der Waals surface area contributed by atoms with Gasteiger partial charge in [0.05, 0.1) is 5.41 Å². The number of hydrogen-bond acceptors (Lipinski definition) is 1. The van der Waals surface area contributed by atoms with E-state index in [4.69, 9.17) is 11.6 Å². The van der Waals surface area contributed by atoms with Crippen LogP contribution in [-0.4, -0.2) is 10.6 Å². The molecule has 4 heteroatoms. The van der Waals surface area contributed by atoms with Gasteiger partial charge in [-0.05, 0) is 41.3 Å². The molecule has 0 heterocycles. The molecule has 0 saturated heterocycles. The van der Waals surface area contributed by atoms with Gasteiger partial charge in [0.25, 0.3) is 0 Å². The Balaban J connectivity index is 2.65. The molecule has 0 fully saturated rings. The minimum absolute atomic E-state index is 0.337. The summed E-state index contributed by atoms with van der Waals surface area (Å²) < 4.78 is 13.1. The third kappa shape index (κ3) is 2.79. The lowest BCUT2D eigenvalue weighted by Crippen LogP contribution is -2.34. The molecule has 20 heavy (non-hydrogen) atoms. The van der Waals surface area contributed by atoms with Gasteiger partial charge in [0.1, 0.15) is 5.82 Å². The zero-order valence-corrected chi connectivity index (χ0v) is 13.0. The monoisotopic (exact) mass is 354 g/mol. The van der Waals surface area contributed by atoms with Crippen molar-refractivity contribution in [3.05, 3.63) is 71.5 Å². The second-order valence-electron chi connectivity index (χ2n) is 4.49. The van der Waals surface area contributed by atoms with Gasteiger partial charge in [0.2, 0.25) is 5.24 Å². The molecule has 0 aliphatic rings. The molecule has 1 nitrogen and oxygen atoms in total. The van der Waals surface area contributed by atoms with Crippen LogP contribution in [0.15, 0.2) is 54.6 Å². The Morgan fingerprint density at radius 3 is 2.10 bits per heavy atom. The topological polar surface area (TPSA) is 17.1 Å². The maximum absolute atomic E-state index is 13.1. The summed E-state index contributed by atoms with van der Waals surface area (Å²) in [5.74, 6) is -0.337. The summed E-state index contributed by atoms with van der Waals surface area (Å²) in [6.45, 7) is 0. The quantitative estimate of drug-likeness (QED) is 0.563. The van der Waals surface area contributed by atoms with E-state index in [2.05, 4.69) is 15.9 Å². The number of carbonyl (C=O) groups is 1. The van der Waals surface area contributed by atoms with Crippen molar-refractivity contribution >= 4 is 32.8 Å². The number of benzene rings is 2. The lowest BCUT2D eigenvalue weighted by atomic mass is 9.73. The SMILES string of the molecule is O=C(Cl)C(CCBr)(c1ccccc1)c1ccc(F)cc1. The summed E-state index contributed by atoms with van der Waals surface area (Å²) in [6.07, 6.45) is 0.505. The lowest BCUT2D eigenvalue weighted by molar-refractivity contribution is -0.115. The van der Waals surface area contributed by atoms with Crippen LogP contribution in [-0.2, 0) is 10.2 Å². The second kappa shape index (κ2) is 6.51. The van der Waals surface area contributed by atoms with E-state index in [1.54, 1.807) is 12.1 Å². The number of rotatable bonds is 5. The third-order valence-electron chi connectivity index (χ3n) is 3.41. The highest BCUT2D eigenvalue weighted by Gasteiger charge is 2.40. The van der Waals surface area contributed by atoms with Gasteiger partial charge in [-0.15, -0.1) is 0 Å². The van der Waals surface area contributed by atoms with Gasteiger partial charge in [0.15, 0.2) is 0 Å². The highest BCUT2D eigenvalue weighted by Crippen LogP contribution is 2.38. The molecule has 2 aromatic carbocycles. The van der Waals surface area contributed by atoms with Gasteiger partial charge in [-0.2, -0.15) is 0 Å². The Morgan fingerprint density at radius 1 is 1.05 bits per heavy atom. The first-order valence-corrected chi connectivity index (χ1v) is 7.68. The molecular formula is C16H13BrClFO. The molecule has 104 valence electrons. The molecule has 0 bridgehead atoms. The molecule has 0 radical (unpaired) electrons. The minimum Gasteiger partial charge on any atom is -0.280 e. The normalized spacial score (nSPS) is 13.8. The van der Waals surface area contributed by atoms with Crippen LogP contribution in [0.1, 0.15) is 17.5 Å². The standard InChI is InChI=1S/C16H13BrClFO/c17-11-10-16(15(18)20,12-4-2-1-3-5-12)13-6-8-14(19)9-7-13/h1-9H,10-11H2. The molecule has 2 aromatic rings. The van der Waals surface area contributed by atoms with Crippen molar-refractivity contribution in [3.63, 3.8) is 0 Å². The molecule has 0 amide bonds. The number of carbonyl (C=O) groups excluding carboxylic acids is 1. The van der Waals surface area contributed by atoms with Gasteiger partial charge in [-0.1, -0.05) is 58.4 Å². The Hall–Kier alpha value is -1.19. The number of halogens is 3. The van der Waals surface area contributed by atoms with Crippen molar-refractivity contribution in [1.82, 2.24) is 0 Å². The predicted octanol–water partition coefficient (Wildman–Crippen LogP) is 4.66. The summed E-state index contributed by atoms with van der Waals surface area (Å²) in [4.78, 5) is 12.2. The molecule has 1 unspecified atom stereocenters. The van der Waals surface area contributed by atoms with E-state index in [0.717, 1.165) is 5.56 Å². The largest absolute Gasteiger partial charge is 0.280 e. The third-order valence-corrected chi connectivity index (χ3v) is 4.13. The summed E-state index contributed by atoms with van der Waals surface area (Å²) >= 11 is 9.31. The zero-order chi connectivity index (χ0) is 14.6. The molecular weight excluding hydrogens is 343 g/mol. The zero-order valence-electron chi connectivity index (χ0n) is 10.7. The van der Waals surface area contributed by atoms with Gasteiger partial charge < -0.3 is 0 Å². The van der Waals surface area contributed by atoms with Crippen LogP contribution >= 0.6 is 27.5 Å². The van der Waals surface area contributed by atoms with Gasteiger partial charge in [-0.25, -0.2) is 4.39 Å². The Morgan fingerprint density at radius 2 is 1.60 bits per heavy atom. The first kappa shape index (κ1) is 15.2. The number of hydrogen-bond donors (Lipinski definition) is 0. The average molecular weight is 356 g/mol. The van der Waals surface area contributed by atoms with E-state index in [0.29, 0.717) is 17.3 Å². The summed E-state index contributed by atoms with van der Waals surface area (Å²) in [5.41, 5.74) is 0.552. The molecule has 1 atom stereocenters. The average Bonchev–Trinajstić information content (AvgIpc) is 2.46. The Kier molecular flexibility index (Phi) is 4.95.